The largest absolute Gasteiger partial charge is 1.00 e. The first kappa shape index (κ1) is 13.0. The Morgan fingerprint density at radius 1 is 1.89 bits per heavy atom. The number of hydrogen-bond donors (Lipinski definition) is 1. The Morgan fingerprint density at radius 3 is 2.78 bits per heavy atom. The summed E-state index contributed by atoms with van der Waals surface area (Å²) in [6.45, 7) is 1.98. The Morgan fingerprint density at radius 2 is 2.44 bits per heavy atom. The Labute approximate surface area is 107 Å². The molecule has 0 atom stereocenters. The van der Waals surface area contributed by atoms with Gasteiger partial charge in [0.05, 0.1) is 0 Å². The van der Waals surface area contributed by atoms with E-state index < -0.39 is 0 Å². The first-order chi connectivity index (χ1) is 3.81. The normalized spacial score (nSPS) is 6.67. The molecule has 0 fully saturated rings. The maximum absolute atomic E-state index is 8.00. The molecule has 0 aliphatic rings. The topological polar surface area (TPSA) is 35.8 Å². The maximum Gasteiger partial charge on any atom is 1.00 e. The van der Waals surface area contributed by atoms with Crippen LogP contribution in [-0.2, 0) is 0 Å². The van der Waals surface area contributed by atoms with Crippen molar-refractivity contribution in [3.05, 3.63) is 0 Å². The summed E-state index contributed by atoms with van der Waals surface area (Å²) >= 11 is 6.14. The molecule has 0 aromatic carbocycles. The SMILES string of the molecule is CCSC(=S)NC#N.[K+]. The van der Waals surface area contributed by atoms with Gasteiger partial charge in [-0.05, 0) is 5.75 Å². The summed E-state index contributed by atoms with van der Waals surface area (Å²) in [5.41, 5.74) is 0. The summed E-state index contributed by atoms with van der Waals surface area (Å²) in [5, 5.41) is 10.3. The molecule has 5 heteroatoms. The molecule has 9 heavy (non-hydrogen) atoms. The molecule has 0 rings (SSSR count). The van der Waals surface area contributed by atoms with Crippen LogP contribution in [0.4, 0.5) is 0 Å². The van der Waals surface area contributed by atoms with Crippen LogP contribution in [-0.4, -0.2) is 10.1 Å². The van der Waals surface area contributed by atoms with Gasteiger partial charge in [0.25, 0.3) is 0 Å². The first-order valence-electron chi connectivity index (χ1n) is 2.13. The van der Waals surface area contributed by atoms with Gasteiger partial charge in [-0.3, -0.25) is 5.32 Å². The number of hydrogen-bond acceptors (Lipinski definition) is 3. The molecule has 0 aliphatic carbocycles. The van der Waals surface area contributed by atoms with Gasteiger partial charge in [-0.25, -0.2) is 0 Å². The van der Waals surface area contributed by atoms with Crippen LogP contribution in [0.2, 0.25) is 0 Å². The van der Waals surface area contributed by atoms with Crippen LogP contribution in [0, 0.1) is 11.5 Å². The average Bonchev–Trinajstić information content (AvgIpc) is 1.68. The van der Waals surface area contributed by atoms with Gasteiger partial charge in [-0.15, -0.1) is 0 Å². The average molecular weight is 185 g/mol. The van der Waals surface area contributed by atoms with Crippen LogP contribution < -0.4 is 56.7 Å². The van der Waals surface area contributed by atoms with Gasteiger partial charge in [0.15, 0.2) is 6.19 Å². The second-order valence-corrected chi connectivity index (χ2v) is 2.90. The number of nitrogens with zero attached hydrogens (tertiary/aromatic N) is 1. The molecule has 0 radical (unpaired) electrons. The van der Waals surface area contributed by atoms with Crippen molar-refractivity contribution >= 4 is 28.3 Å². The van der Waals surface area contributed by atoms with Crippen LogP contribution >= 0.6 is 24.0 Å². The van der Waals surface area contributed by atoms with Gasteiger partial charge in [0.1, 0.15) is 4.32 Å². The van der Waals surface area contributed by atoms with E-state index in [0.29, 0.717) is 4.32 Å². The molecule has 0 bridgehead atoms. The first-order valence-corrected chi connectivity index (χ1v) is 3.52. The zero-order chi connectivity index (χ0) is 6.41. The predicted octanol–water partition coefficient (Wildman–Crippen LogP) is -1.90. The maximum atomic E-state index is 8.00. The number of rotatable bonds is 1. The Kier molecular flexibility index (Phi) is 13.5. The van der Waals surface area contributed by atoms with E-state index >= 15 is 0 Å². The number of nitrogens with one attached hydrogen (secondary N) is 1. The Bertz CT molecular complexity index is 120. The van der Waals surface area contributed by atoms with Gasteiger partial charge in [0.2, 0.25) is 0 Å². The summed E-state index contributed by atoms with van der Waals surface area (Å²) in [4.78, 5) is 0. The second-order valence-electron chi connectivity index (χ2n) is 0.957. The molecule has 0 saturated carbocycles. The summed E-state index contributed by atoms with van der Waals surface area (Å²) in [6, 6.07) is 0. The smallest absolute Gasteiger partial charge is 0.278 e. The minimum atomic E-state index is 0. The number of nitriles is 1. The van der Waals surface area contributed by atoms with Crippen LogP contribution in [0.15, 0.2) is 0 Å². The molecule has 2 nitrogen and oxygen atoms in total. The third-order valence-electron chi connectivity index (χ3n) is 0.433. The molecule has 0 spiro atoms. The van der Waals surface area contributed by atoms with Crippen molar-refractivity contribution in [2.75, 3.05) is 5.75 Å². The fourth-order valence-electron chi connectivity index (χ4n) is 0.213. The van der Waals surface area contributed by atoms with E-state index in [9.17, 15) is 0 Å². The van der Waals surface area contributed by atoms with Crippen LogP contribution in [0.1, 0.15) is 6.92 Å². The molecule has 0 saturated heterocycles. The predicted molar refractivity (Wildman–Crippen MR) is 39.5 cm³/mol. The molecular formula is C4H6KN2S2+. The number of thioether (sulfide) groups is 1. The molecule has 44 valence electrons. The third-order valence-corrected chi connectivity index (χ3v) is 1.54. The van der Waals surface area contributed by atoms with E-state index in [1.807, 2.05) is 6.92 Å². The fraction of sp³-hybridized carbons (Fsp3) is 0.500. The molecule has 1 N–H and O–H groups in total. The van der Waals surface area contributed by atoms with Crippen molar-refractivity contribution in [2.24, 2.45) is 0 Å². The number of thiocarbonyl (C=S) groups is 1. The summed E-state index contributed by atoms with van der Waals surface area (Å²) in [6.07, 6.45) is 1.74. The van der Waals surface area contributed by atoms with Crippen LogP contribution in [0.5, 0.6) is 0 Å². The van der Waals surface area contributed by atoms with Gasteiger partial charge in [0, 0.05) is 0 Å². The quantitative estimate of drug-likeness (QED) is 0.224. The van der Waals surface area contributed by atoms with Crippen LogP contribution in [0.3, 0.4) is 0 Å². The van der Waals surface area contributed by atoms with E-state index in [1.54, 1.807) is 6.19 Å². The van der Waals surface area contributed by atoms with Gasteiger partial charge < -0.3 is 0 Å². The molecular weight excluding hydrogens is 179 g/mol. The molecule has 0 aromatic rings. The molecule has 0 heterocycles. The van der Waals surface area contributed by atoms with Crippen molar-refractivity contribution < 1.29 is 51.4 Å². The monoisotopic (exact) mass is 185 g/mol. The molecule has 0 aliphatic heterocycles. The van der Waals surface area contributed by atoms with Crippen molar-refractivity contribution in [2.45, 2.75) is 6.92 Å². The fourth-order valence-corrected chi connectivity index (χ4v) is 0.992. The van der Waals surface area contributed by atoms with E-state index in [-0.39, 0.29) is 51.4 Å². The van der Waals surface area contributed by atoms with Crippen molar-refractivity contribution in [3.8, 4) is 6.19 Å². The summed E-state index contributed by atoms with van der Waals surface area (Å²) in [5.74, 6) is 0.910. The van der Waals surface area contributed by atoms with E-state index in [1.165, 1.54) is 11.8 Å². The van der Waals surface area contributed by atoms with Crippen molar-refractivity contribution in [1.29, 1.82) is 5.26 Å². The Hall–Kier alpha value is 1.37. The van der Waals surface area contributed by atoms with Gasteiger partial charge in [-0.1, -0.05) is 30.9 Å². The van der Waals surface area contributed by atoms with Crippen molar-refractivity contribution in [3.63, 3.8) is 0 Å². The summed E-state index contributed by atoms with van der Waals surface area (Å²) in [7, 11) is 0. The minimum absolute atomic E-state index is 0. The second kappa shape index (κ2) is 9.37. The van der Waals surface area contributed by atoms with E-state index in [0.717, 1.165) is 5.75 Å². The zero-order valence-electron chi connectivity index (χ0n) is 5.47. The summed E-state index contributed by atoms with van der Waals surface area (Å²) < 4.78 is 0.551. The Balaban J connectivity index is 0. The van der Waals surface area contributed by atoms with E-state index in [4.69, 9.17) is 5.26 Å². The molecule has 0 unspecified atom stereocenters. The van der Waals surface area contributed by atoms with Gasteiger partial charge >= 0.3 is 51.4 Å². The molecule has 0 aromatic heterocycles. The van der Waals surface area contributed by atoms with Crippen molar-refractivity contribution in [1.82, 2.24) is 5.32 Å². The standard InChI is InChI=1S/C4H6N2S2.K/c1-2-8-4(7)6-3-5;/h2H2,1H3,(H,6,7);/q;+1. The minimum Gasteiger partial charge on any atom is -0.278 e. The third kappa shape index (κ3) is 9.37. The molecule has 0 amide bonds. The van der Waals surface area contributed by atoms with Crippen LogP contribution in [0.25, 0.3) is 0 Å². The zero-order valence-corrected chi connectivity index (χ0v) is 10.2. The van der Waals surface area contributed by atoms with E-state index in [2.05, 4.69) is 17.5 Å². The van der Waals surface area contributed by atoms with Gasteiger partial charge in [-0.2, -0.15) is 5.26 Å².